The van der Waals surface area contributed by atoms with Crippen LogP contribution in [-0.4, -0.2) is 31.2 Å². The molecule has 1 atom stereocenters. The highest BCUT2D eigenvalue weighted by atomic mass is 16.5. The molecule has 1 saturated heterocycles. The lowest BCUT2D eigenvalue weighted by Crippen LogP contribution is -2.50. The molecule has 1 saturated carbocycles. The maximum absolute atomic E-state index is 12.0. The van der Waals surface area contributed by atoms with Gasteiger partial charge in [0.2, 0.25) is 5.91 Å². The molecule has 2 aliphatic rings. The van der Waals surface area contributed by atoms with Crippen LogP contribution in [-0.2, 0) is 9.53 Å². The smallest absolute Gasteiger partial charge is 0.237 e. The van der Waals surface area contributed by atoms with E-state index in [1.165, 1.54) is 19.3 Å². The first kappa shape index (κ1) is 12.8. The molecule has 0 aromatic rings. The van der Waals surface area contributed by atoms with Crippen molar-refractivity contribution >= 4 is 5.91 Å². The number of carbonyl (C=O) groups is 1. The normalized spacial score (nSPS) is 25.5. The summed E-state index contributed by atoms with van der Waals surface area (Å²) in [6, 6.07) is 0.0166. The van der Waals surface area contributed by atoms with E-state index < -0.39 is 0 Å². The van der Waals surface area contributed by atoms with Crippen LogP contribution in [0.1, 0.15) is 44.9 Å². The number of nitrogens with two attached hydrogens (primary N) is 1. The van der Waals surface area contributed by atoms with Gasteiger partial charge < -0.3 is 15.8 Å². The molecule has 1 amide bonds. The molecule has 2 fully saturated rings. The molecule has 1 aliphatic carbocycles. The van der Waals surface area contributed by atoms with Crippen LogP contribution in [0.25, 0.3) is 0 Å². The van der Waals surface area contributed by atoms with E-state index in [9.17, 15) is 4.79 Å². The second kappa shape index (κ2) is 6.36. The van der Waals surface area contributed by atoms with Crippen molar-refractivity contribution in [3.05, 3.63) is 0 Å². The minimum atomic E-state index is -0.346. The van der Waals surface area contributed by atoms with Crippen molar-refractivity contribution in [3.63, 3.8) is 0 Å². The van der Waals surface area contributed by atoms with E-state index in [2.05, 4.69) is 5.32 Å². The van der Waals surface area contributed by atoms with Crippen molar-refractivity contribution in [1.82, 2.24) is 5.32 Å². The maximum atomic E-state index is 12.0. The van der Waals surface area contributed by atoms with Crippen LogP contribution in [0.4, 0.5) is 0 Å². The highest BCUT2D eigenvalue weighted by molar-refractivity contribution is 5.82. The Morgan fingerprint density at radius 2 is 1.76 bits per heavy atom. The van der Waals surface area contributed by atoms with Crippen molar-refractivity contribution in [2.24, 2.45) is 11.7 Å². The Kier molecular flexibility index (Phi) is 4.80. The van der Waals surface area contributed by atoms with Gasteiger partial charge in [0.25, 0.3) is 0 Å². The zero-order valence-corrected chi connectivity index (χ0v) is 10.5. The average molecular weight is 240 g/mol. The lowest BCUT2D eigenvalue weighted by molar-refractivity contribution is -0.125. The van der Waals surface area contributed by atoms with Crippen LogP contribution in [0.5, 0.6) is 0 Å². The summed E-state index contributed by atoms with van der Waals surface area (Å²) < 4.78 is 5.29. The van der Waals surface area contributed by atoms with Crippen LogP contribution in [0, 0.1) is 5.92 Å². The molecule has 0 aromatic carbocycles. The van der Waals surface area contributed by atoms with Gasteiger partial charge in [0.05, 0.1) is 6.04 Å². The molecule has 2 rings (SSSR count). The maximum Gasteiger partial charge on any atom is 0.237 e. The first-order valence-corrected chi connectivity index (χ1v) is 6.91. The molecule has 17 heavy (non-hydrogen) atoms. The van der Waals surface area contributed by atoms with Gasteiger partial charge in [0.1, 0.15) is 0 Å². The third-order valence-corrected chi connectivity index (χ3v) is 4.03. The van der Waals surface area contributed by atoms with Crippen LogP contribution < -0.4 is 11.1 Å². The quantitative estimate of drug-likeness (QED) is 0.779. The second-order valence-corrected chi connectivity index (χ2v) is 5.32. The van der Waals surface area contributed by atoms with Gasteiger partial charge in [0.15, 0.2) is 0 Å². The van der Waals surface area contributed by atoms with Gasteiger partial charge in [-0.15, -0.1) is 0 Å². The Balaban J connectivity index is 1.77. The molecule has 3 N–H and O–H groups in total. The highest BCUT2D eigenvalue weighted by Gasteiger charge is 2.28. The van der Waals surface area contributed by atoms with E-state index in [0.717, 1.165) is 38.9 Å². The van der Waals surface area contributed by atoms with Crippen molar-refractivity contribution in [2.75, 3.05) is 13.2 Å². The van der Waals surface area contributed by atoms with E-state index >= 15 is 0 Å². The predicted molar refractivity (Wildman–Crippen MR) is 66.5 cm³/mol. The third-order valence-electron chi connectivity index (χ3n) is 4.03. The number of ether oxygens (including phenoxy) is 1. The molecule has 98 valence electrons. The zero-order chi connectivity index (χ0) is 12.1. The molecule has 1 heterocycles. The van der Waals surface area contributed by atoms with E-state index in [1.54, 1.807) is 0 Å². The van der Waals surface area contributed by atoms with Crippen LogP contribution in [0.3, 0.4) is 0 Å². The molecule has 1 aliphatic heterocycles. The Bertz CT molecular complexity index is 246. The van der Waals surface area contributed by atoms with Crippen molar-refractivity contribution in [3.8, 4) is 0 Å². The van der Waals surface area contributed by atoms with Gasteiger partial charge in [0, 0.05) is 19.3 Å². The van der Waals surface area contributed by atoms with Gasteiger partial charge in [-0.2, -0.15) is 0 Å². The summed E-state index contributed by atoms with van der Waals surface area (Å²) in [6.07, 6.45) is 7.84. The third kappa shape index (κ3) is 3.68. The minimum absolute atomic E-state index is 0.0452. The van der Waals surface area contributed by atoms with E-state index in [1.807, 2.05) is 0 Å². The Labute approximate surface area is 103 Å². The van der Waals surface area contributed by atoms with Gasteiger partial charge in [-0.3, -0.25) is 4.79 Å². The van der Waals surface area contributed by atoms with Crippen LogP contribution in [0.15, 0.2) is 0 Å². The Hall–Kier alpha value is -0.610. The summed E-state index contributed by atoms with van der Waals surface area (Å²) in [6.45, 7) is 1.49. The van der Waals surface area contributed by atoms with Crippen LogP contribution >= 0.6 is 0 Å². The van der Waals surface area contributed by atoms with E-state index in [4.69, 9.17) is 10.5 Å². The Morgan fingerprint density at radius 3 is 2.41 bits per heavy atom. The molecular weight excluding hydrogens is 216 g/mol. The van der Waals surface area contributed by atoms with Crippen molar-refractivity contribution in [1.29, 1.82) is 0 Å². The fraction of sp³-hybridized carbons (Fsp3) is 0.923. The molecule has 4 heteroatoms. The highest BCUT2D eigenvalue weighted by Crippen LogP contribution is 2.20. The summed E-state index contributed by atoms with van der Waals surface area (Å²) in [5, 5.41) is 3.11. The van der Waals surface area contributed by atoms with Gasteiger partial charge in [-0.1, -0.05) is 19.3 Å². The SMILES string of the molecule is NC(C(=O)NC1CCCCC1)C1CCOCC1. The molecule has 4 nitrogen and oxygen atoms in total. The number of amides is 1. The van der Waals surface area contributed by atoms with E-state index in [-0.39, 0.29) is 11.9 Å². The number of hydrogen-bond acceptors (Lipinski definition) is 3. The van der Waals surface area contributed by atoms with Gasteiger partial charge >= 0.3 is 0 Å². The van der Waals surface area contributed by atoms with Gasteiger partial charge in [-0.25, -0.2) is 0 Å². The standard InChI is InChI=1S/C13H24N2O2/c14-12(10-6-8-17-9-7-10)13(16)15-11-4-2-1-3-5-11/h10-12H,1-9,14H2,(H,15,16). The lowest BCUT2D eigenvalue weighted by Gasteiger charge is -2.29. The minimum Gasteiger partial charge on any atom is -0.381 e. The molecule has 0 radical (unpaired) electrons. The first-order valence-electron chi connectivity index (χ1n) is 6.91. The largest absolute Gasteiger partial charge is 0.381 e. The summed E-state index contributed by atoms with van der Waals surface area (Å²) in [5.41, 5.74) is 6.04. The molecule has 0 aromatic heterocycles. The van der Waals surface area contributed by atoms with Crippen molar-refractivity contribution in [2.45, 2.75) is 57.0 Å². The summed E-state index contributed by atoms with van der Waals surface area (Å²) in [4.78, 5) is 12.0. The topological polar surface area (TPSA) is 64.4 Å². The second-order valence-electron chi connectivity index (χ2n) is 5.32. The lowest BCUT2D eigenvalue weighted by atomic mass is 9.90. The molecule has 0 bridgehead atoms. The van der Waals surface area contributed by atoms with Gasteiger partial charge in [-0.05, 0) is 31.6 Å². The fourth-order valence-corrected chi connectivity index (χ4v) is 2.83. The van der Waals surface area contributed by atoms with Crippen molar-refractivity contribution < 1.29 is 9.53 Å². The Morgan fingerprint density at radius 1 is 1.12 bits per heavy atom. The van der Waals surface area contributed by atoms with E-state index in [0.29, 0.717) is 12.0 Å². The monoisotopic (exact) mass is 240 g/mol. The number of rotatable bonds is 3. The number of nitrogens with one attached hydrogen (secondary N) is 1. The fourth-order valence-electron chi connectivity index (χ4n) is 2.83. The molecular formula is C13H24N2O2. The predicted octanol–water partition coefficient (Wildman–Crippen LogP) is 1.19. The molecule has 0 spiro atoms. The summed E-state index contributed by atoms with van der Waals surface area (Å²) in [5.74, 6) is 0.344. The zero-order valence-electron chi connectivity index (χ0n) is 10.5. The number of carbonyl (C=O) groups excluding carboxylic acids is 1. The number of hydrogen-bond donors (Lipinski definition) is 2. The average Bonchev–Trinajstić information content (AvgIpc) is 2.40. The summed E-state index contributed by atoms with van der Waals surface area (Å²) >= 11 is 0. The molecule has 1 unspecified atom stereocenters. The first-order chi connectivity index (χ1) is 8.27. The van der Waals surface area contributed by atoms with Crippen LogP contribution in [0.2, 0.25) is 0 Å². The summed E-state index contributed by atoms with van der Waals surface area (Å²) in [7, 11) is 0.